The van der Waals surface area contributed by atoms with E-state index in [2.05, 4.69) is 41.5 Å². The molecule has 0 heterocycles. The van der Waals surface area contributed by atoms with Gasteiger partial charge in [0.2, 0.25) is 0 Å². The Balaban J connectivity index is 0. The van der Waals surface area contributed by atoms with Crippen molar-refractivity contribution < 1.29 is 17.3 Å². The average molecular weight is 247 g/mol. The third kappa shape index (κ3) is 40.7. The zero-order valence-corrected chi connectivity index (χ0v) is 11.3. The first-order valence-corrected chi connectivity index (χ1v) is 6.04. The summed E-state index contributed by atoms with van der Waals surface area (Å²) in [6, 6.07) is 0. The molecule has 0 aliphatic carbocycles. The molecule has 0 aliphatic rings. The van der Waals surface area contributed by atoms with E-state index in [-0.39, 0.29) is 0 Å². The SMILES string of the molecule is CC(C)(C)CPC(C)(C)C.F[B-](F)(F)F. The van der Waals surface area contributed by atoms with Crippen molar-refractivity contribution in [3.05, 3.63) is 0 Å². The van der Waals surface area contributed by atoms with Crippen molar-refractivity contribution in [3.8, 4) is 0 Å². The Kier molecular flexibility index (Phi) is 7.13. The molecule has 0 aromatic carbocycles. The summed E-state index contributed by atoms with van der Waals surface area (Å²) >= 11 is 0. The molecule has 0 aromatic heterocycles. The lowest BCUT2D eigenvalue weighted by atomic mass is 10.0. The Morgan fingerprint density at radius 2 is 1.13 bits per heavy atom. The molecule has 1 unspecified atom stereocenters. The molecule has 0 spiro atoms. The largest absolute Gasteiger partial charge is 0.673 e. The summed E-state index contributed by atoms with van der Waals surface area (Å²) in [5.41, 5.74) is 0.520. The van der Waals surface area contributed by atoms with Gasteiger partial charge in [0.1, 0.15) is 0 Å². The van der Waals surface area contributed by atoms with Gasteiger partial charge in [0.15, 0.2) is 0 Å². The van der Waals surface area contributed by atoms with Crippen molar-refractivity contribution in [3.63, 3.8) is 0 Å². The van der Waals surface area contributed by atoms with Crippen LogP contribution in [0.3, 0.4) is 0 Å². The predicted molar refractivity (Wildman–Crippen MR) is 62.6 cm³/mol. The molecule has 15 heavy (non-hydrogen) atoms. The fourth-order valence-corrected chi connectivity index (χ4v) is 1.59. The Morgan fingerprint density at radius 3 is 1.20 bits per heavy atom. The third-order valence-electron chi connectivity index (χ3n) is 1.15. The molecular weight excluding hydrogens is 226 g/mol. The second-order valence-electron chi connectivity index (χ2n) is 5.66. The minimum Gasteiger partial charge on any atom is -0.418 e. The molecule has 94 valence electrons. The van der Waals surface area contributed by atoms with Crippen molar-refractivity contribution in [2.24, 2.45) is 5.41 Å². The van der Waals surface area contributed by atoms with Crippen LogP contribution in [-0.4, -0.2) is 18.6 Å². The highest BCUT2D eigenvalue weighted by Crippen LogP contribution is 2.35. The van der Waals surface area contributed by atoms with Gasteiger partial charge in [-0.25, -0.2) is 0 Å². The van der Waals surface area contributed by atoms with Crippen molar-refractivity contribution in [2.75, 3.05) is 6.16 Å². The van der Waals surface area contributed by atoms with E-state index in [4.69, 9.17) is 0 Å². The van der Waals surface area contributed by atoms with Crippen LogP contribution in [0.5, 0.6) is 0 Å². The predicted octanol–water partition coefficient (Wildman–Crippen LogP) is 4.81. The summed E-state index contributed by atoms with van der Waals surface area (Å²) in [6.07, 6.45) is 1.36. The molecule has 0 fully saturated rings. The van der Waals surface area contributed by atoms with Crippen LogP contribution in [-0.2, 0) is 0 Å². The van der Waals surface area contributed by atoms with Crippen LogP contribution in [0.25, 0.3) is 0 Å². The molecular formula is C9H21BF4P-. The van der Waals surface area contributed by atoms with E-state index < -0.39 is 7.25 Å². The van der Waals surface area contributed by atoms with Crippen molar-refractivity contribution in [2.45, 2.75) is 46.7 Å². The van der Waals surface area contributed by atoms with Crippen LogP contribution in [0.4, 0.5) is 17.3 Å². The molecule has 0 N–H and O–H groups in total. The highest BCUT2D eigenvalue weighted by atomic mass is 31.1. The fraction of sp³-hybridized carbons (Fsp3) is 1.00. The topological polar surface area (TPSA) is 0 Å². The van der Waals surface area contributed by atoms with E-state index in [0.717, 1.165) is 8.58 Å². The lowest BCUT2D eigenvalue weighted by molar-refractivity contribution is 0.368. The first kappa shape index (κ1) is 17.6. The van der Waals surface area contributed by atoms with Crippen molar-refractivity contribution in [1.82, 2.24) is 0 Å². The van der Waals surface area contributed by atoms with Gasteiger partial charge >= 0.3 is 7.25 Å². The number of rotatable bonds is 1. The number of hydrogen-bond donors (Lipinski definition) is 0. The molecule has 6 heteroatoms. The van der Waals surface area contributed by atoms with E-state index in [1.54, 1.807) is 0 Å². The molecule has 0 radical (unpaired) electrons. The molecule has 0 nitrogen and oxygen atoms in total. The number of hydrogen-bond acceptors (Lipinski definition) is 0. The second-order valence-corrected chi connectivity index (χ2v) is 7.87. The summed E-state index contributed by atoms with van der Waals surface area (Å²) in [5, 5.41) is 0.535. The van der Waals surface area contributed by atoms with Gasteiger partial charge < -0.3 is 17.3 Å². The maximum Gasteiger partial charge on any atom is 0.673 e. The molecule has 1 atom stereocenters. The lowest BCUT2D eigenvalue weighted by Crippen LogP contribution is -2.14. The highest BCUT2D eigenvalue weighted by molar-refractivity contribution is 7.39. The van der Waals surface area contributed by atoms with E-state index in [9.17, 15) is 17.3 Å². The van der Waals surface area contributed by atoms with E-state index >= 15 is 0 Å². The zero-order valence-electron chi connectivity index (χ0n) is 10.3. The first-order valence-electron chi connectivity index (χ1n) is 4.83. The van der Waals surface area contributed by atoms with Crippen LogP contribution in [0.1, 0.15) is 41.5 Å². The summed E-state index contributed by atoms with van der Waals surface area (Å²) in [5.74, 6) is 0. The quantitative estimate of drug-likeness (QED) is 0.354. The van der Waals surface area contributed by atoms with Gasteiger partial charge in [-0.3, -0.25) is 0 Å². The monoisotopic (exact) mass is 247 g/mol. The second kappa shape index (κ2) is 6.07. The molecule has 0 bridgehead atoms. The van der Waals surface area contributed by atoms with E-state index in [1.165, 1.54) is 6.16 Å². The normalized spacial score (nSPS) is 14.0. The van der Waals surface area contributed by atoms with Crippen LogP contribution in [0.15, 0.2) is 0 Å². The minimum absolute atomic E-state index is 0.520. The lowest BCUT2D eigenvalue weighted by Gasteiger charge is -2.25. The summed E-state index contributed by atoms with van der Waals surface area (Å²) in [6.45, 7) is 13.9. The maximum atomic E-state index is 9.75. The molecule has 0 aromatic rings. The van der Waals surface area contributed by atoms with Crippen LogP contribution in [0, 0.1) is 5.41 Å². The van der Waals surface area contributed by atoms with Crippen LogP contribution >= 0.6 is 8.58 Å². The van der Waals surface area contributed by atoms with Crippen molar-refractivity contribution >= 4 is 15.8 Å². The molecule has 0 saturated heterocycles. The van der Waals surface area contributed by atoms with Gasteiger partial charge in [-0.1, -0.05) is 41.5 Å². The van der Waals surface area contributed by atoms with E-state index in [0.29, 0.717) is 10.6 Å². The van der Waals surface area contributed by atoms with E-state index in [1.807, 2.05) is 0 Å². The first-order chi connectivity index (χ1) is 6.21. The average Bonchev–Trinajstić information content (AvgIpc) is 1.76. The van der Waals surface area contributed by atoms with Crippen molar-refractivity contribution in [1.29, 1.82) is 0 Å². The number of halogens is 4. The smallest absolute Gasteiger partial charge is 0.418 e. The fourth-order valence-electron chi connectivity index (χ4n) is 0.530. The van der Waals surface area contributed by atoms with Crippen LogP contribution < -0.4 is 0 Å². The molecule has 0 aliphatic heterocycles. The van der Waals surface area contributed by atoms with Gasteiger partial charge in [-0.15, -0.1) is 8.58 Å². The molecule has 0 saturated carbocycles. The standard InChI is InChI=1S/C9H21P.BF4/c1-8(2,3)7-10-9(4,5)6;2-1(3,4)5/h10H,7H2,1-6H3;/q;-1. The maximum absolute atomic E-state index is 9.75. The molecule has 0 rings (SSSR count). The van der Waals surface area contributed by atoms with Crippen LogP contribution in [0.2, 0.25) is 0 Å². The Morgan fingerprint density at radius 1 is 0.867 bits per heavy atom. The summed E-state index contributed by atoms with van der Waals surface area (Å²) in [4.78, 5) is 0. The van der Waals surface area contributed by atoms with Gasteiger partial charge in [0.25, 0.3) is 0 Å². The summed E-state index contributed by atoms with van der Waals surface area (Å²) < 4.78 is 39.0. The Bertz CT molecular complexity index is 146. The Hall–Kier alpha value is 0.215. The summed E-state index contributed by atoms with van der Waals surface area (Å²) in [7, 11) is -4.91. The third-order valence-corrected chi connectivity index (χ3v) is 3.45. The highest BCUT2D eigenvalue weighted by Gasteiger charge is 2.20. The van der Waals surface area contributed by atoms with Gasteiger partial charge in [-0.05, 0) is 16.7 Å². The van der Waals surface area contributed by atoms with Gasteiger partial charge in [-0.2, -0.15) is 0 Å². The minimum atomic E-state index is -6.00. The van der Waals surface area contributed by atoms with Gasteiger partial charge in [0.05, 0.1) is 0 Å². The molecule has 0 amide bonds. The zero-order chi connectivity index (χ0) is 12.9. The van der Waals surface area contributed by atoms with Gasteiger partial charge in [0, 0.05) is 0 Å². The Labute approximate surface area is 92.1 Å².